The summed E-state index contributed by atoms with van der Waals surface area (Å²) in [4.78, 5) is 1.49. The van der Waals surface area contributed by atoms with Crippen LogP contribution in [-0.4, -0.2) is 0 Å². The van der Waals surface area contributed by atoms with E-state index in [1.54, 1.807) is 0 Å². The van der Waals surface area contributed by atoms with Crippen LogP contribution >= 0.6 is 11.3 Å². The topological polar surface area (TPSA) is 0 Å². The van der Waals surface area contributed by atoms with Crippen LogP contribution in [0.5, 0.6) is 0 Å². The van der Waals surface area contributed by atoms with E-state index in [1.165, 1.54) is 21.6 Å². The van der Waals surface area contributed by atoms with E-state index in [2.05, 4.69) is 56.5 Å². The highest BCUT2D eigenvalue weighted by Crippen LogP contribution is 2.24. The molecule has 16 heavy (non-hydrogen) atoms. The van der Waals surface area contributed by atoms with Crippen molar-refractivity contribution < 1.29 is 0 Å². The number of hydrogen-bond acceptors (Lipinski definition) is 1. The average molecular weight is 230 g/mol. The zero-order valence-electron chi connectivity index (χ0n) is 10.2. The second-order valence-electron chi connectivity index (χ2n) is 4.68. The third-order valence-electron chi connectivity index (χ3n) is 2.73. The van der Waals surface area contributed by atoms with Crippen molar-refractivity contribution in [1.29, 1.82) is 0 Å². The second kappa shape index (κ2) is 4.84. The maximum atomic E-state index is 2.34. The molecule has 1 heteroatoms. The van der Waals surface area contributed by atoms with Crippen molar-refractivity contribution in [2.24, 2.45) is 0 Å². The van der Waals surface area contributed by atoms with Gasteiger partial charge in [0.05, 0.1) is 0 Å². The van der Waals surface area contributed by atoms with Crippen molar-refractivity contribution in [2.45, 2.75) is 33.1 Å². The average Bonchev–Trinajstić information content (AvgIpc) is 2.66. The molecule has 2 aromatic rings. The Balaban J connectivity index is 2.14. The summed E-state index contributed by atoms with van der Waals surface area (Å²) in [6, 6.07) is 11.1. The first-order valence-electron chi connectivity index (χ1n) is 5.78. The van der Waals surface area contributed by atoms with Gasteiger partial charge in [0.1, 0.15) is 0 Å². The molecule has 0 amide bonds. The van der Waals surface area contributed by atoms with Gasteiger partial charge in [0.2, 0.25) is 0 Å². The van der Waals surface area contributed by atoms with Crippen molar-refractivity contribution in [1.82, 2.24) is 0 Å². The first kappa shape index (κ1) is 11.4. The normalized spacial score (nSPS) is 11.0. The lowest BCUT2D eigenvalue weighted by Crippen LogP contribution is -1.86. The van der Waals surface area contributed by atoms with Crippen LogP contribution in [0.3, 0.4) is 0 Å². The van der Waals surface area contributed by atoms with Crippen molar-refractivity contribution in [3.63, 3.8) is 0 Å². The Morgan fingerprint density at radius 2 is 1.94 bits per heavy atom. The molecule has 0 aliphatic rings. The Morgan fingerprint density at radius 3 is 2.56 bits per heavy atom. The minimum atomic E-state index is 0.649. The van der Waals surface area contributed by atoms with Crippen molar-refractivity contribution in [3.8, 4) is 0 Å². The van der Waals surface area contributed by atoms with Gasteiger partial charge in [-0.15, -0.1) is 11.3 Å². The Morgan fingerprint density at radius 1 is 1.12 bits per heavy atom. The van der Waals surface area contributed by atoms with Crippen LogP contribution in [0.15, 0.2) is 35.7 Å². The molecular weight excluding hydrogens is 212 g/mol. The van der Waals surface area contributed by atoms with Crippen LogP contribution in [0.1, 0.15) is 41.3 Å². The zero-order valence-corrected chi connectivity index (χ0v) is 11.0. The van der Waals surface area contributed by atoms with Gasteiger partial charge >= 0.3 is 0 Å². The summed E-state index contributed by atoms with van der Waals surface area (Å²) < 4.78 is 0. The minimum absolute atomic E-state index is 0.649. The molecule has 0 atom stereocenters. The largest absolute Gasteiger partial charge is 0.148 e. The van der Waals surface area contributed by atoms with Gasteiger partial charge in [0.25, 0.3) is 0 Å². The summed E-state index contributed by atoms with van der Waals surface area (Å²) in [5, 5.41) is 2.29. The van der Waals surface area contributed by atoms with E-state index >= 15 is 0 Å². The van der Waals surface area contributed by atoms with Gasteiger partial charge in [0, 0.05) is 4.88 Å². The molecule has 0 spiro atoms. The molecule has 0 fully saturated rings. The molecule has 0 unspecified atom stereocenters. The quantitative estimate of drug-likeness (QED) is 0.712. The molecule has 0 bridgehead atoms. The summed E-state index contributed by atoms with van der Waals surface area (Å²) >= 11 is 1.88. The smallest absolute Gasteiger partial charge is 0.00736 e. The Hall–Kier alpha value is -1.08. The molecule has 0 saturated carbocycles. The first-order valence-corrected chi connectivity index (χ1v) is 6.66. The third-order valence-corrected chi connectivity index (χ3v) is 4.02. The molecule has 84 valence electrons. The number of thiophene rings is 1. The van der Waals surface area contributed by atoms with Gasteiger partial charge in [-0.3, -0.25) is 0 Å². The fourth-order valence-electron chi connectivity index (χ4n) is 1.85. The van der Waals surface area contributed by atoms with Crippen LogP contribution < -0.4 is 0 Å². The number of benzene rings is 1. The van der Waals surface area contributed by atoms with E-state index in [1.807, 2.05) is 11.3 Å². The molecule has 1 heterocycles. The fourth-order valence-corrected chi connectivity index (χ4v) is 2.78. The summed E-state index contributed by atoms with van der Waals surface area (Å²) in [7, 11) is 0. The van der Waals surface area contributed by atoms with Gasteiger partial charge in [-0.2, -0.15) is 0 Å². The molecule has 1 aromatic carbocycles. The van der Waals surface area contributed by atoms with Crippen molar-refractivity contribution in [2.75, 3.05) is 0 Å². The molecule has 2 rings (SSSR count). The first-order chi connectivity index (χ1) is 7.65. The molecule has 0 nitrogen and oxygen atoms in total. The van der Waals surface area contributed by atoms with Crippen LogP contribution in [0.25, 0.3) is 0 Å². The van der Waals surface area contributed by atoms with Crippen LogP contribution in [-0.2, 0) is 6.42 Å². The Labute approximate surface area is 102 Å². The Bertz CT molecular complexity index is 466. The van der Waals surface area contributed by atoms with Gasteiger partial charge < -0.3 is 0 Å². The molecule has 1 aromatic heterocycles. The van der Waals surface area contributed by atoms with E-state index in [0.717, 1.165) is 6.42 Å². The predicted molar refractivity (Wildman–Crippen MR) is 72.4 cm³/mol. The second-order valence-corrected chi connectivity index (χ2v) is 5.62. The fraction of sp³-hybridized carbons (Fsp3) is 0.333. The summed E-state index contributed by atoms with van der Waals surface area (Å²) in [5.74, 6) is 0.649. The van der Waals surface area contributed by atoms with Gasteiger partial charge in [-0.25, -0.2) is 0 Å². The SMILES string of the molecule is Cc1cccc(Cc2csc(C(C)C)c2)c1. The lowest BCUT2D eigenvalue weighted by molar-refractivity contribution is 0.888. The van der Waals surface area contributed by atoms with Crippen LogP contribution in [0, 0.1) is 6.92 Å². The third kappa shape index (κ3) is 2.73. The molecule has 0 N–H and O–H groups in total. The van der Waals surface area contributed by atoms with Crippen LogP contribution in [0.4, 0.5) is 0 Å². The van der Waals surface area contributed by atoms with E-state index < -0.39 is 0 Å². The van der Waals surface area contributed by atoms with Crippen molar-refractivity contribution in [3.05, 3.63) is 57.3 Å². The van der Waals surface area contributed by atoms with Gasteiger partial charge in [-0.05, 0) is 41.8 Å². The minimum Gasteiger partial charge on any atom is -0.148 e. The summed E-state index contributed by atoms with van der Waals surface area (Å²) in [6.07, 6.45) is 1.06. The highest BCUT2D eigenvalue weighted by molar-refractivity contribution is 7.10. The predicted octanol–water partition coefficient (Wildman–Crippen LogP) is 4.77. The lowest BCUT2D eigenvalue weighted by Gasteiger charge is -2.01. The van der Waals surface area contributed by atoms with Gasteiger partial charge in [-0.1, -0.05) is 43.7 Å². The highest BCUT2D eigenvalue weighted by atomic mass is 32.1. The van der Waals surface area contributed by atoms with E-state index in [-0.39, 0.29) is 0 Å². The molecular formula is C15H18S. The number of rotatable bonds is 3. The molecule has 0 radical (unpaired) electrons. The standard InChI is InChI=1S/C15H18S/c1-11(2)15-9-14(10-16-15)8-13-6-4-5-12(3)7-13/h4-7,9-11H,8H2,1-3H3. The van der Waals surface area contributed by atoms with Crippen molar-refractivity contribution >= 4 is 11.3 Å². The monoisotopic (exact) mass is 230 g/mol. The van der Waals surface area contributed by atoms with E-state index in [9.17, 15) is 0 Å². The maximum Gasteiger partial charge on any atom is 0.00736 e. The van der Waals surface area contributed by atoms with E-state index in [0.29, 0.717) is 5.92 Å². The highest BCUT2D eigenvalue weighted by Gasteiger charge is 2.04. The lowest BCUT2D eigenvalue weighted by atomic mass is 10.0. The number of hydrogen-bond donors (Lipinski definition) is 0. The molecule has 0 aliphatic carbocycles. The van der Waals surface area contributed by atoms with Crippen LogP contribution in [0.2, 0.25) is 0 Å². The summed E-state index contributed by atoms with van der Waals surface area (Å²) in [5.41, 5.74) is 4.20. The van der Waals surface area contributed by atoms with Gasteiger partial charge in [0.15, 0.2) is 0 Å². The Kier molecular flexibility index (Phi) is 3.45. The molecule has 0 saturated heterocycles. The van der Waals surface area contributed by atoms with E-state index in [4.69, 9.17) is 0 Å². The zero-order chi connectivity index (χ0) is 11.5. The maximum absolute atomic E-state index is 2.34. The molecule has 0 aliphatic heterocycles. The summed E-state index contributed by atoms with van der Waals surface area (Å²) in [6.45, 7) is 6.65. The number of aryl methyl sites for hydroxylation is 1.